The maximum atomic E-state index is 12.2. The maximum absolute atomic E-state index is 12.2. The molecule has 0 radical (unpaired) electrons. The van der Waals surface area contributed by atoms with Crippen LogP contribution in [0.3, 0.4) is 0 Å². The second-order valence-electron chi connectivity index (χ2n) is 5.65. The van der Waals surface area contributed by atoms with E-state index in [1.165, 1.54) is 25.7 Å². The van der Waals surface area contributed by atoms with Crippen molar-refractivity contribution in [3.63, 3.8) is 0 Å². The van der Waals surface area contributed by atoms with Crippen LogP contribution in [-0.2, 0) is 4.79 Å². The van der Waals surface area contributed by atoms with E-state index in [0.717, 1.165) is 43.5 Å². The highest BCUT2D eigenvalue weighted by molar-refractivity contribution is 6.17. The van der Waals surface area contributed by atoms with Gasteiger partial charge >= 0.3 is 0 Å². The molecule has 2 rings (SSSR count). The molecule has 0 saturated heterocycles. The van der Waals surface area contributed by atoms with Gasteiger partial charge in [0.2, 0.25) is 5.91 Å². The molecule has 0 bridgehead atoms. The van der Waals surface area contributed by atoms with Crippen LogP contribution in [0.2, 0.25) is 0 Å². The fourth-order valence-electron chi connectivity index (χ4n) is 3.34. The van der Waals surface area contributed by atoms with E-state index in [0.29, 0.717) is 11.8 Å². The molecule has 2 fully saturated rings. The molecule has 0 aromatic heterocycles. The number of alkyl halides is 1. The second kappa shape index (κ2) is 6.08. The highest BCUT2D eigenvalue weighted by atomic mass is 35.5. The smallest absolute Gasteiger partial charge is 0.226 e. The van der Waals surface area contributed by atoms with Gasteiger partial charge in [-0.1, -0.05) is 19.3 Å². The van der Waals surface area contributed by atoms with Crippen molar-refractivity contribution in [1.29, 1.82) is 0 Å². The number of fused-ring (bicyclic) bond motifs is 1. The number of nitrogens with zero attached hydrogens (tertiary/aromatic N) is 1. The Bertz CT molecular complexity index is 257. The Morgan fingerprint density at radius 2 is 1.82 bits per heavy atom. The Balaban J connectivity index is 1.69. The van der Waals surface area contributed by atoms with Gasteiger partial charge < -0.3 is 4.90 Å². The molecule has 2 saturated carbocycles. The minimum Gasteiger partial charge on any atom is -0.346 e. The number of unbranched alkanes of at least 4 members (excludes halogenated alkanes) is 2. The average Bonchev–Trinajstić information content (AvgIpc) is 3.07. The molecule has 2 aliphatic rings. The van der Waals surface area contributed by atoms with E-state index in [2.05, 4.69) is 0 Å². The molecule has 2 atom stereocenters. The zero-order valence-electron chi connectivity index (χ0n) is 10.8. The van der Waals surface area contributed by atoms with Crippen molar-refractivity contribution < 1.29 is 4.79 Å². The summed E-state index contributed by atoms with van der Waals surface area (Å²) in [5.74, 6) is 3.01. The number of halogens is 1. The third-order valence-electron chi connectivity index (χ3n) is 4.45. The first-order valence-corrected chi connectivity index (χ1v) is 7.60. The van der Waals surface area contributed by atoms with Crippen LogP contribution in [0.5, 0.6) is 0 Å². The molecular weight excluding hydrogens is 234 g/mol. The number of carbonyl (C=O) groups is 1. The first kappa shape index (κ1) is 13.2. The Morgan fingerprint density at radius 3 is 2.41 bits per heavy atom. The van der Waals surface area contributed by atoms with Gasteiger partial charge in [0.25, 0.3) is 0 Å². The summed E-state index contributed by atoms with van der Waals surface area (Å²) < 4.78 is 0. The van der Waals surface area contributed by atoms with E-state index in [4.69, 9.17) is 11.6 Å². The Hall–Kier alpha value is -0.240. The minimum atomic E-state index is 0.385. The Kier molecular flexibility index (Phi) is 4.72. The standard InChI is InChI=1S/C14H24ClNO/c1-16(10-6-2-5-9-15)14(17)13-11-7-3-4-8-12(11)13/h11-13H,2-10H2,1H3. The normalized spacial score (nSPS) is 30.8. The molecule has 2 aliphatic carbocycles. The molecule has 17 heavy (non-hydrogen) atoms. The lowest BCUT2D eigenvalue weighted by Crippen LogP contribution is -2.30. The molecule has 0 aliphatic heterocycles. The van der Waals surface area contributed by atoms with Gasteiger partial charge in [-0.05, 0) is 37.5 Å². The van der Waals surface area contributed by atoms with Crippen LogP contribution in [0.1, 0.15) is 44.9 Å². The van der Waals surface area contributed by atoms with Gasteiger partial charge in [-0.15, -0.1) is 11.6 Å². The number of rotatable bonds is 6. The maximum Gasteiger partial charge on any atom is 0.226 e. The zero-order chi connectivity index (χ0) is 12.3. The number of hydrogen-bond acceptors (Lipinski definition) is 1. The van der Waals surface area contributed by atoms with Crippen LogP contribution < -0.4 is 0 Å². The average molecular weight is 258 g/mol. The first-order valence-electron chi connectivity index (χ1n) is 7.06. The van der Waals surface area contributed by atoms with Gasteiger partial charge in [0.15, 0.2) is 0 Å². The molecule has 0 aromatic carbocycles. The predicted molar refractivity (Wildman–Crippen MR) is 71.1 cm³/mol. The van der Waals surface area contributed by atoms with Crippen molar-refractivity contribution in [2.24, 2.45) is 17.8 Å². The van der Waals surface area contributed by atoms with E-state index >= 15 is 0 Å². The molecule has 0 N–H and O–H groups in total. The van der Waals surface area contributed by atoms with Crippen LogP contribution in [0.4, 0.5) is 0 Å². The quantitative estimate of drug-likeness (QED) is 0.528. The molecule has 3 heteroatoms. The predicted octanol–water partition coefficient (Wildman–Crippen LogP) is 3.29. The van der Waals surface area contributed by atoms with Crippen LogP contribution >= 0.6 is 11.6 Å². The molecule has 2 unspecified atom stereocenters. The molecule has 98 valence electrons. The minimum absolute atomic E-state index is 0.385. The van der Waals surface area contributed by atoms with Gasteiger partial charge in [-0.3, -0.25) is 4.79 Å². The van der Waals surface area contributed by atoms with E-state index in [-0.39, 0.29) is 0 Å². The first-order chi connectivity index (χ1) is 8.25. The Labute approximate surface area is 110 Å². The largest absolute Gasteiger partial charge is 0.346 e. The van der Waals surface area contributed by atoms with Crippen molar-refractivity contribution in [2.45, 2.75) is 44.9 Å². The summed E-state index contributed by atoms with van der Waals surface area (Å²) in [6.07, 6.45) is 8.56. The van der Waals surface area contributed by atoms with Crippen LogP contribution in [0.25, 0.3) is 0 Å². The molecule has 2 nitrogen and oxygen atoms in total. The molecule has 0 spiro atoms. The summed E-state index contributed by atoms with van der Waals surface area (Å²) in [5.41, 5.74) is 0. The van der Waals surface area contributed by atoms with Gasteiger partial charge in [-0.25, -0.2) is 0 Å². The summed E-state index contributed by atoms with van der Waals surface area (Å²) in [6.45, 7) is 0.908. The summed E-state index contributed by atoms with van der Waals surface area (Å²) in [6, 6.07) is 0. The lowest BCUT2D eigenvalue weighted by atomic mass is 10.0. The number of carbonyl (C=O) groups excluding carboxylic acids is 1. The molecule has 1 amide bonds. The van der Waals surface area contributed by atoms with E-state index in [1.54, 1.807) is 0 Å². The molecular formula is C14H24ClNO. The highest BCUT2D eigenvalue weighted by Gasteiger charge is 2.55. The van der Waals surface area contributed by atoms with Gasteiger partial charge in [-0.2, -0.15) is 0 Å². The Morgan fingerprint density at radius 1 is 1.18 bits per heavy atom. The third kappa shape index (κ3) is 3.15. The second-order valence-corrected chi connectivity index (χ2v) is 6.03. The van der Waals surface area contributed by atoms with Crippen LogP contribution in [0, 0.1) is 17.8 Å². The van der Waals surface area contributed by atoms with Crippen molar-refractivity contribution in [1.82, 2.24) is 4.90 Å². The van der Waals surface area contributed by atoms with Gasteiger partial charge in [0.1, 0.15) is 0 Å². The topological polar surface area (TPSA) is 20.3 Å². The SMILES string of the molecule is CN(CCCCCCl)C(=O)C1C2CCCCC21. The van der Waals surface area contributed by atoms with E-state index in [9.17, 15) is 4.79 Å². The summed E-state index contributed by atoms with van der Waals surface area (Å²) in [4.78, 5) is 14.2. The van der Waals surface area contributed by atoms with Crippen molar-refractivity contribution in [3.8, 4) is 0 Å². The fourth-order valence-corrected chi connectivity index (χ4v) is 3.53. The number of hydrogen-bond donors (Lipinski definition) is 0. The summed E-state index contributed by atoms with van der Waals surface area (Å²) in [5, 5.41) is 0. The van der Waals surface area contributed by atoms with E-state index in [1.807, 2.05) is 11.9 Å². The van der Waals surface area contributed by atoms with Crippen molar-refractivity contribution >= 4 is 17.5 Å². The number of amides is 1. The summed E-state index contributed by atoms with van der Waals surface area (Å²) >= 11 is 5.64. The van der Waals surface area contributed by atoms with Crippen molar-refractivity contribution in [3.05, 3.63) is 0 Å². The zero-order valence-corrected chi connectivity index (χ0v) is 11.6. The van der Waals surface area contributed by atoms with E-state index < -0.39 is 0 Å². The lowest BCUT2D eigenvalue weighted by molar-refractivity contribution is -0.131. The van der Waals surface area contributed by atoms with Gasteiger partial charge in [0, 0.05) is 25.4 Å². The van der Waals surface area contributed by atoms with Crippen LogP contribution in [0.15, 0.2) is 0 Å². The fraction of sp³-hybridized carbons (Fsp3) is 0.929. The third-order valence-corrected chi connectivity index (χ3v) is 4.71. The van der Waals surface area contributed by atoms with Crippen LogP contribution in [-0.4, -0.2) is 30.3 Å². The van der Waals surface area contributed by atoms with Gasteiger partial charge in [0.05, 0.1) is 0 Å². The molecule has 0 aromatic rings. The highest BCUT2D eigenvalue weighted by Crippen LogP contribution is 2.55. The monoisotopic (exact) mass is 257 g/mol. The lowest BCUT2D eigenvalue weighted by Gasteiger charge is -2.17. The summed E-state index contributed by atoms with van der Waals surface area (Å²) in [7, 11) is 1.97. The molecule has 0 heterocycles. The van der Waals surface area contributed by atoms with Crippen molar-refractivity contribution in [2.75, 3.05) is 19.5 Å².